The Kier molecular flexibility index (Phi) is 7.47. The van der Waals surface area contributed by atoms with Gasteiger partial charge in [0.1, 0.15) is 5.75 Å². The van der Waals surface area contributed by atoms with Crippen molar-refractivity contribution in [3.63, 3.8) is 0 Å². The van der Waals surface area contributed by atoms with Crippen LogP contribution >= 0.6 is 11.6 Å². The molecule has 0 saturated heterocycles. The minimum absolute atomic E-state index is 0.232. The summed E-state index contributed by atoms with van der Waals surface area (Å²) < 4.78 is 5.29. The molecule has 2 amide bonds. The van der Waals surface area contributed by atoms with Crippen LogP contribution in [-0.2, 0) is 6.42 Å². The number of fused-ring (bicyclic) bond motifs is 1. The van der Waals surface area contributed by atoms with Crippen molar-refractivity contribution < 1.29 is 9.53 Å². The third kappa shape index (κ3) is 6.48. The lowest BCUT2D eigenvalue weighted by molar-refractivity contribution is 0.256. The summed E-state index contributed by atoms with van der Waals surface area (Å²) >= 11 is 6.01. The number of benzene rings is 2. The number of aromatic nitrogens is 3. The van der Waals surface area contributed by atoms with Gasteiger partial charge in [-0.25, -0.2) is 14.8 Å². The molecule has 0 radical (unpaired) electrons. The van der Waals surface area contributed by atoms with Crippen molar-refractivity contribution in [2.75, 3.05) is 24.3 Å². The van der Waals surface area contributed by atoms with E-state index in [-0.39, 0.29) is 5.96 Å². The van der Waals surface area contributed by atoms with Crippen molar-refractivity contribution in [2.24, 2.45) is 4.99 Å². The first-order chi connectivity index (χ1) is 16.9. The normalized spacial score (nSPS) is 11.4. The second kappa shape index (κ2) is 10.9. The highest BCUT2D eigenvalue weighted by atomic mass is 35.5. The average molecular weight is 492 g/mol. The molecule has 0 aliphatic carbocycles. The number of hydrogen-bond donors (Lipinski definition) is 4. The summed E-state index contributed by atoms with van der Waals surface area (Å²) in [5.41, 5.74) is 4.27. The Balaban J connectivity index is 1.50. The molecule has 2 aromatic heterocycles. The van der Waals surface area contributed by atoms with Gasteiger partial charge in [-0.15, -0.1) is 0 Å². The van der Waals surface area contributed by atoms with Crippen LogP contribution in [0.5, 0.6) is 5.75 Å². The molecule has 9 nitrogen and oxygen atoms in total. The Morgan fingerprint density at radius 1 is 1.09 bits per heavy atom. The molecule has 180 valence electrons. The lowest BCUT2D eigenvalue weighted by Gasteiger charge is -2.12. The van der Waals surface area contributed by atoms with E-state index in [0.717, 1.165) is 33.6 Å². The van der Waals surface area contributed by atoms with Gasteiger partial charge in [0.05, 0.1) is 7.11 Å². The fraction of sp³-hybridized carbons (Fsp3) is 0.200. The number of carbonyl (C=O) groups is 1. The first-order valence-corrected chi connectivity index (χ1v) is 11.4. The van der Waals surface area contributed by atoms with Crippen LogP contribution in [0, 0.1) is 13.8 Å². The Hall–Kier alpha value is -4.11. The van der Waals surface area contributed by atoms with Gasteiger partial charge < -0.3 is 15.0 Å². The minimum Gasteiger partial charge on any atom is -0.497 e. The van der Waals surface area contributed by atoms with Crippen LogP contribution in [0.4, 0.5) is 16.4 Å². The first-order valence-electron chi connectivity index (χ1n) is 11.0. The molecule has 4 N–H and O–H groups in total. The largest absolute Gasteiger partial charge is 0.497 e. The van der Waals surface area contributed by atoms with E-state index in [1.807, 2.05) is 44.3 Å². The number of nitrogens with zero attached hydrogens (tertiary/aromatic N) is 3. The molecule has 0 saturated carbocycles. The number of ether oxygens (including phenoxy) is 1. The van der Waals surface area contributed by atoms with E-state index < -0.39 is 6.03 Å². The molecule has 2 aromatic carbocycles. The van der Waals surface area contributed by atoms with Gasteiger partial charge in [-0.3, -0.25) is 15.6 Å². The van der Waals surface area contributed by atoms with Crippen LogP contribution in [0.15, 0.2) is 59.7 Å². The predicted octanol–water partition coefficient (Wildman–Crippen LogP) is 5.07. The zero-order chi connectivity index (χ0) is 24.8. The number of guanidine groups is 1. The fourth-order valence-electron chi connectivity index (χ4n) is 3.62. The van der Waals surface area contributed by atoms with Crippen molar-refractivity contribution >= 4 is 46.1 Å². The molecule has 0 unspecified atom stereocenters. The van der Waals surface area contributed by atoms with E-state index in [9.17, 15) is 4.79 Å². The molecule has 35 heavy (non-hydrogen) atoms. The highest BCUT2D eigenvalue weighted by Crippen LogP contribution is 2.23. The van der Waals surface area contributed by atoms with Crippen molar-refractivity contribution in [2.45, 2.75) is 20.3 Å². The van der Waals surface area contributed by atoms with Crippen LogP contribution in [0.1, 0.15) is 17.0 Å². The average Bonchev–Trinajstić information content (AvgIpc) is 3.20. The number of urea groups is 1. The maximum atomic E-state index is 12.6. The van der Waals surface area contributed by atoms with Crippen molar-refractivity contribution in [1.29, 1.82) is 0 Å². The second-order valence-electron chi connectivity index (χ2n) is 7.89. The zero-order valence-corrected chi connectivity index (χ0v) is 20.4. The Morgan fingerprint density at radius 2 is 1.89 bits per heavy atom. The van der Waals surface area contributed by atoms with E-state index >= 15 is 0 Å². The van der Waals surface area contributed by atoms with E-state index in [0.29, 0.717) is 29.6 Å². The highest BCUT2D eigenvalue weighted by Gasteiger charge is 2.10. The van der Waals surface area contributed by atoms with Crippen LogP contribution in [-0.4, -0.2) is 40.6 Å². The molecule has 2 heterocycles. The molecule has 4 rings (SSSR count). The van der Waals surface area contributed by atoms with Crippen LogP contribution in [0.25, 0.3) is 10.9 Å². The standard InChI is InChI=1S/C25H26ClN7O2/c1-15-11-16(2)30-24(29-15)32-23(33-25(34)31-19-6-4-5-18(26)12-19)27-10-9-17-14-28-22-13-20(35-3)7-8-21(17)22/h4-8,11-14,28H,9-10H2,1-3H3,(H3,27,29,30,31,32,33,34). The van der Waals surface area contributed by atoms with Crippen LogP contribution in [0.3, 0.4) is 0 Å². The summed E-state index contributed by atoms with van der Waals surface area (Å²) in [5.74, 6) is 1.37. The van der Waals surface area contributed by atoms with Gasteiger partial charge in [0.2, 0.25) is 11.9 Å². The number of nitrogens with one attached hydrogen (secondary N) is 4. The molecular weight excluding hydrogens is 466 g/mol. The molecule has 4 aromatic rings. The molecule has 0 bridgehead atoms. The number of anilines is 2. The highest BCUT2D eigenvalue weighted by molar-refractivity contribution is 6.30. The summed E-state index contributed by atoms with van der Waals surface area (Å²) in [5, 5.41) is 10.1. The van der Waals surface area contributed by atoms with Gasteiger partial charge in [0, 0.05) is 51.8 Å². The molecule has 0 aliphatic rings. The van der Waals surface area contributed by atoms with Crippen LogP contribution < -0.4 is 20.7 Å². The molecule has 0 fully saturated rings. The number of H-pyrrole nitrogens is 1. The zero-order valence-electron chi connectivity index (χ0n) is 19.6. The minimum atomic E-state index is -0.470. The Labute approximate surface area is 208 Å². The number of amides is 2. The molecular formula is C25H26ClN7O2. The Morgan fingerprint density at radius 3 is 2.63 bits per heavy atom. The van der Waals surface area contributed by atoms with E-state index in [1.54, 1.807) is 31.4 Å². The number of rotatable bonds is 6. The topological polar surface area (TPSA) is 116 Å². The van der Waals surface area contributed by atoms with Gasteiger partial charge >= 0.3 is 6.03 Å². The molecule has 0 atom stereocenters. The Bertz CT molecular complexity index is 1360. The smallest absolute Gasteiger partial charge is 0.326 e. The van der Waals surface area contributed by atoms with Crippen LogP contribution in [0.2, 0.25) is 5.02 Å². The lowest BCUT2D eigenvalue weighted by Crippen LogP contribution is -2.39. The summed E-state index contributed by atoms with van der Waals surface area (Å²) in [6, 6.07) is 14.2. The van der Waals surface area contributed by atoms with Gasteiger partial charge in [-0.2, -0.15) is 0 Å². The number of halogens is 1. The fourth-order valence-corrected chi connectivity index (χ4v) is 3.81. The summed E-state index contributed by atoms with van der Waals surface area (Å²) in [6.45, 7) is 4.17. The predicted molar refractivity (Wildman–Crippen MR) is 140 cm³/mol. The van der Waals surface area contributed by atoms with E-state index in [4.69, 9.17) is 16.3 Å². The van der Waals surface area contributed by atoms with Crippen molar-refractivity contribution in [3.8, 4) is 5.75 Å². The van der Waals surface area contributed by atoms with E-state index in [2.05, 4.69) is 35.9 Å². The van der Waals surface area contributed by atoms with Gasteiger partial charge in [0.15, 0.2) is 0 Å². The molecule has 0 aliphatic heterocycles. The quantitative estimate of drug-likeness (QED) is 0.222. The van der Waals surface area contributed by atoms with Crippen molar-refractivity contribution in [1.82, 2.24) is 20.3 Å². The number of hydrogen-bond acceptors (Lipinski definition) is 5. The number of aryl methyl sites for hydroxylation is 2. The number of aliphatic imine (C=N–C) groups is 1. The maximum absolute atomic E-state index is 12.6. The second-order valence-corrected chi connectivity index (χ2v) is 8.33. The number of aromatic amines is 1. The monoisotopic (exact) mass is 491 g/mol. The lowest BCUT2D eigenvalue weighted by atomic mass is 10.1. The van der Waals surface area contributed by atoms with Gasteiger partial charge in [-0.05, 0) is 62.2 Å². The first kappa shape index (κ1) is 24.0. The third-order valence-electron chi connectivity index (χ3n) is 5.15. The molecule has 10 heteroatoms. The van der Waals surface area contributed by atoms with Gasteiger partial charge in [-0.1, -0.05) is 17.7 Å². The number of carbonyl (C=O) groups excluding carboxylic acids is 1. The summed E-state index contributed by atoms with van der Waals surface area (Å²) in [6.07, 6.45) is 2.61. The summed E-state index contributed by atoms with van der Waals surface area (Å²) in [4.78, 5) is 29.3. The summed E-state index contributed by atoms with van der Waals surface area (Å²) in [7, 11) is 1.64. The maximum Gasteiger partial charge on any atom is 0.326 e. The molecule has 0 spiro atoms. The SMILES string of the molecule is COc1ccc2c(CCN=C(NC(=O)Nc3cccc(Cl)c3)Nc3nc(C)cc(C)n3)c[nH]c2c1. The van der Waals surface area contributed by atoms with E-state index in [1.165, 1.54) is 0 Å². The third-order valence-corrected chi connectivity index (χ3v) is 5.39. The van der Waals surface area contributed by atoms with Crippen molar-refractivity contribution in [3.05, 3.63) is 76.7 Å². The number of methoxy groups -OCH3 is 1. The van der Waals surface area contributed by atoms with Gasteiger partial charge in [0.25, 0.3) is 0 Å².